The topological polar surface area (TPSA) is 175 Å². The van der Waals surface area contributed by atoms with Crippen LogP contribution >= 0.6 is 24.8 Å². The molecule has 0 aliphatic heterocycles. The molecule has 4 amide bonds. The lowest BCUT2D eigenvalue weighted by atomic mass is 10.1. The molecule has 2 aromatic rings. The Morgan fingerprint density at radius 2 is 1.03 bits per heavy atom. The highest BCUT2D eigenvalue weighted by Gasteiger charge is 2.06. The number of hydrogen-bond donors (Lipinski definition) is 8. The molecular weight excluding hydrogens is 507 g/mol. The van der Waals surface area contributed by atoms with Gasteiger partial charge in [-0.1, -0.05) is 25.0 Å². The van der Waals surface area contributed by atoms with Gasteiger partial charge in [-0.15, -0.1) is 24.8 Å². The third-order valence-electron chi connectivity index (χ3n) is 5.28. The van der Waals surface area contributed by atoms with Crippen LogP contribution in [-0.2, 0) is 12.8 Å². The van der Waals surface area contributed by atoms with Crippen LogP contribution in [0.4, 0.5) is 21.0 Å². The summed E-state index contributed by atoms with van der Waals surface area (Å²) in [6.45, 7) is 3.52. The minimum atomic E-state index is -0.702. The summed E-state index contributed by atoms with van der Waals surface area (Å²) in [5.41, 5.74) is 12.9. The van der Waals surface area contributed by atoms with E-state index >= 15 is 0 Å². The number of carbonyl (C=O) groups excluding carboxylic acids is 2. The lowest BCUT2D eigenvalue weighted by Gasteiger charge is -2.09. The van der Waals surface area contributed by atoms with Gasteiger partial charge in [0.15, 0.2) is 0 Å². The summed E-state index contributed by atoms with van der Waals surface area (Å²) >= 11 is 0. The molecule has 10 N–H and O–H groups in total. The van der Waals surface area contributed by atoms with Gasteiger partial charge in [0.25, 0.3) is 0 Å². The fraction of sp³-hybridized carbons (Fsp3) is 0.417. The highest BCUT2D eigenvalue weighted by molar-refractivity contribution is 5.90. The molecule has 36 heavy (non-hydrogen) atoms. The van der Waals surface area contributed by atoms with E-state index in [9.17, 15) is 19.8 Å². The van der Waals surface area contributed by atoms with Crippen molar-refractivity contribution in [3.8, 4) is 11.5 Å². The van der Waals surface area contributed by atoms with E-state index in [2.05, 4.69) is 21.3 Å². The number of aromatic hydroxyl groups is 2. The Kier molecular flexibility index (Phi) is 16.9. The lowest BCUT2D eigenvalue weighted by molar-refractivity contribution is 0.258. The van der Waals surface area contributed by atoms with E-state index in [-0.39, 0.29) is 36.3 Å². The highest BCUT2D eigenvalue weighted by atomic mass is 35.5. The maximum atomic E-state index is 11.0. The van der Waals surface area contributed by atoms with E-state index in [1.807, 2.05) is 12.1 Å². The number of hydrogen-bond acceptors (Lipinski definition) is 6. The van der Waals surface area contributed by atoms with Gasteiger partial charge in [0.2, 0.25) is 0 Å². The standard InChI is InChI=1S/C24H36N6O4.2ClH/c25-23(33)29-19-15-17(5-7-21(19)31)9-13-27-11-3-1-2-4-12-28-14-10-18-6-8-22(32)20(16-18)30-24(26)34;;/h5-8,15-16,27-28,31-32H,1-4,9-14H2,(H3,25,29,33)(H3,26,30,34);2*1H. The average molecular weight is 546 g/mol. The maximum absolute atomic E-state index is 11.0. The zero-order chi connectivity index (χ0) is 24.8. The first kappa shape index (κ1) is 33.1. The molecule has 2 rings (SSSR count). The SMILES string of the molecule is Cl.Cl.NC(=O)Nc1cc(CCNCCCCCCNCCc2ccc(O)c(NC(N)=O)c2)ccc1O. The van der Waals surface area contributed by atoms with Gasteiger partial charge in [-0.3, -0.25) is 0 Å². The van der Waals surface area contributed by atoms with Crippen molar-refractivity contribution in [1.82, 2.24) is 10.6 Å². The molecule has 2 aromatic carbocycles. The van der Waals surface area contributed by atoms with Crippen molar-refractivity contribution in [2.75, 3.05) is 36.8 Å². The molecule has 12 heteroatoms. The number of unbranched alkanes of at least 4 members (excludes halogenated alkanes) is 3. The zero-order valence-corrected chi connectivity index (χ0v) is 21.9. The van der Waals surface area contributed by atoms with Gasteiger partial charge in [0.1, 0.15) is 11.5 Å². The second kappa shape index (κ2) is 18.4. The fourth-order valence-corrected chi connectivity index (χ4v) is 3.51. The first-order chi connectivity index (χ1) is 16.3. The summed E-state index contributed by atoms with van der Waals surface area (Å²) in [6, 6.07) is 8.82. The molecule has 0 aliphatic rings. The van der Waals surface area contributed by atoms with Gasteiger partial charge in [0, 0.05) is 0 Å². The molecule has 0 saturated heterocycles. The Morgan fingerprint density at radius 3 is 1.39 bits per heavy atom. The van der Waals surface area contributed by atoms with Gasteiger partial charge in [-0.25, -0.2) is 9.59 Å². The number of anilines is 2. The van der Waals surface area contributed by atoms with Crippen molar-refractivity contribution in [2.45, 2.75) is 38.5 Å². The molecule has 0 radical (unpaired) electrons. The summed E-state index contributed by atoms with van der Waals surface area (Å²) in [7, 11) is 0. The Balaban J connectivity index is 0.00000612. The molecule has 0 saturated carbocycles. The molecule has 0 aromatic heterocycles. The number of halogens is 2. The molecule has 0 aliphatic carbocycles. The van der Waals surface area contributed by atoms with Crippen LogP contribution in [0, 0.1) is 0 Å². The Bertz CT molecular complexity index is 873. The number of urea groups is 2. The third-order valence-corrected chi connectivity index (χ3v) is 5.28. The largest absolute Gasteiger partial charge is 0.506 e. The van der Waals surface area contributed by atoms with Gasteiger partial charge in [-0.05, 0) is 87.3 Å². The number of nitrogens with one attached hydrogen (secondary N) is 4. The predicted molar refractivity (Wildman–Crippen MR) is 149 cm³/mol. The number of rotatable bonds is 15. The molecule has 0 fully saturated rings. The molecule has 0 atom stereocenters. The van der Waals surface area contributed by atoms with E-state index in [0.29, 0.717) is 11.4 Å². The zero-order valence-electron chi connectivity index (χ0n) is 20.2. The molecular formula is C24H38Cl2N6O4. The van der Waals surface area contributed by atoms with Crippen LogP contribution in [0.5, 0.6) is 11.5 Å². The van der Waals surface area contributed by atoms with Gasteiger partial charge in [-0.2, -0.15) is 0 Å². The van der Waals surface area contributed by atoms with Gasteiger partial charge < -0.3 is 42.9 Å². The number of benzene rings is 2. The quantitative estimate of drug-likeness (QED) is 0.126. The van der Waals surface area contributed by atoms with Crippen LogP contribution in [0.25, 0.3) is 0 Å². The number of nitrogens with two attached hydrogens (primary N) is 2. The molecule has 0 spiro atoms. The molecule has 0 bridgehead atoms. The highest BCUT2D eigenvalue weighted by Crippen LogP contribution is 2.25. The summed E-state index contributed by atoms with van der Waals surface area (Å²) in [6.07, 6.45) is 6.10. The van der Waals surface area contributed by atoms with Crippen molar-refractivity contribution in [3.05, 3.63) is 47.5 Å². The van der Waals surface area contributed by atoms with Crippen molar-refractivity contribution < 1.29 is 19.8 Å². The van der Waals surface area contributed by atoms with Gasteiger partial charge in [0.05, 0.1) is 11.4 Å². The van der Waals surface area contributed by atoms with Crippen LogP contribution in [0.2, 0.25) is 0 Å². The first-order valence-corrected chi connectivity index (χ1v) is 11.5. The van der Waals surface area contributed by atoms with Crippen molar-refractivity contribution in [1.29, 1.82) is 0 Å². The molecule has 10 nitrogen and oxygen atoms in total. The fourth-order valence-electron chi connectivity index (χ4n) is 3.51. The average Bonchev–Trinajstić information content (AvgIpc) is 2.78. The Labute approximate surface area is 224 Å². The summed E-state index contributed by atoms with van der Waals surface area (Å²) in [5, 5.41) is 31.1. The van der Waals surface area contributed by atoms with E-state index in [0.717, 1.165) is 75.8 Å². The minimum absolute atomic E-state index is 0. The van der Waals surface area contributed by atoms with Crippen molar-refractivity contribution >= 4 is 48.3 Å². The summed E-state index contributed by atoms with van der Waals surface area (Å²) < 4.78 is 0. The third kappa shape index (κ3) is 13.2. The number of amides is 4. The number of phenols is 2. The van der Waals surface area contributed by atoms with Crippen LogP contribution < -0.4 is 32.7 Å². The second-order valence-corrected chi connectivity index (χ2v) is 8.10. The molecule has 0 heterocycles. The normalized spacial score (nSPS) is 10.1. The van der Waals surface area contributed by atoms with E-state index in [1.54, 1.807) is 24.3 Å². The Hall–Kier alpha value is -2.92. The van der Waals surface area contributed by atoms with Crippen molar-refractivity contribution in [3.63, 3.8) is 0 Å². The van der Waals surface area contributed by atoms with E-state index in [4.69, 9.17) is 11.5 Å². The van der Waals surface area contributed by atoms with E-state index in [1.165, 1.54) is 0 Å². The minimum Gasteiger partial charge on any atom is -0.506 e. The molecule has 0 unspecified atom stereocenters. The van der Waals surface area contributed by atoms with Crippen LogP contribution in [-0.4, -0.2) is 48.5 Å². The van der Waals surface area contributed by atoms with Gasteiger partial charge >= 0.3 is 12.1 Å². The first-order valence-electron chi connectivity index (χ1n) is 11.5. The predicted octanol–water partition coefficient (Wildman–Crippen LogP) is 3.45. The summed E-state index contributed by atoms with van der Waals surface area (Å²) in [5.74, 6) is -0.00557. The summed E-state index contributed by atoms with van der Waals surface area (Å²) in [4.78, 5) is 21.9. The van der Waals surface area contributed by atoms with E-state index < -0.39 is 12.1 Å². The van der Waals surface area contributed by atoms with Crippen molar-refractivity contribution in [2.24, 2.45) is 11.5 Å². The Morgan fingerprint density at radius 1 is 0.639 bits per heavy atom. The molecule has 202 valence electrons. The maximum Gasteiger partial charge on any atom is 0.316 e. The van der Waals surface area contributed by atoms with Crippen LogP contribution in [0.3, 0.4) is 0 Å². The smallest absolute Gasteiger partial charge is 0.316 e. The number of primary amides is 2. The van der Waals surface area contributed by atoms with Crippen LogP contribution in [0.15, 0.2) is 36.4 Å². The lowest BCUT2D eigenvalue weighted by Crippen LogP contribution is -2.20. The number of phenolic OH excluding ortho intramolecular Hbond substituents is 2. The monoisotopic (exact) mass is 544 g/mol. The number of carbonyl (C=O) groups is 2. The second-order valence-electron chi connectivity index (χ2n) is 8.10. The van der Waals surface area contributed by atoms with Crippen LogP contribution in [0.1, 0.15) is 36.8 Å².